The number of ether oxygens (including phenoxy) is 1. The third kappa shape index (κ3) is 0.713. The van der Waals surface area contributed by atoms with Crippen LogP contribution in [0.25, 0.3) is 0 Å². The van der Waals surface area contributed by atoms with Crippen LogP contribution < -0.4 is 11.5 Å². The highest BCUT2D eigenvalue weighted by Crippen LogP contribution is 2.39. The van der Waals surface area contributed by atoms with Gasteiger partial charge in [0.1, 0.15) is 0 Å². The molecule has 0 aliphatic carbocycles. The van der Waals surface area contributed by atoms with Crippen LogP contribution in [0.5, 0.6) is 0 Å². The van der Waals surface area contributed by atoms with E-state index in [9.17, 15) is 0 Å². The number of fused-ring (bicyclic) bond motifs is 2. The first-order valence-corrected chi connectivity index (χ1v) is 3.89. The Morgan fingerprint density at radius 1 is 1.50 bits per heavy atom. The second-order valence-electron chi connectivity index (χ2n) is 3.47. The van der Waals surface area contributed by atoms with E-state index in [1.165, 1.54) is 6.42 Å². The van der Waals surface area contributed by atoms with Crippen LogP contribution in [0, 0.1) is 0 Å². The predicted molar refractivity (Wildman–Crippen MR) is 38.5 cm³/mol. The van der Waals surface area contributed by atoms with Crippen molar-refractivity contribution in [3.63, 3.8) is 0 Å². The molecule has 0 aromatic heterocycles. The van der Waals surface area contributed by atoms with Gasteiger partial charge in [-0.25, -0.2) is 0 Å². The van der Waals surface area contributed by atoms with Gasteiger partial charge in [0.05, 0.1) is 17.7 Å². The topological polar surface area (TPSA) is 61.3 Å². The van der Waals surface area contributed by atoms with E-state index in [-0.39, 0.29) is 11.6 Å². The summed E-state index contributed by atoms with van der Waals surface area (Å²) in [5.74, 6) is 0. The second-order valence-corrected chi connectivity index (χ2v) is 3.47. The van der Waals surface area contributed by atoms with Crippen molar-refractivity contribution in [3.05, 3.63) is 0 Å². The molecular formula is C7H14N2O. The fourth-order valence-electron chi connectivity index (χ4n) is 2.05. The molecule has 3 nitrogen and oxygen atoms in total. The van der Waals surface area contributed by atoms with Crippen molar-refractivity contribution in [2.45, 2.75) is 37.0 Å². The van der Waals surface area contributed by atoms with Crippen molar-refractivity contribution >= 4 is 0 Å². The van der Waals surface area contributed by atoms with Crippen LogP contribution in [-0.2, 0) is 4.74 Å². The largest absolute Gasteiger partial charge is 0.373 e. The van der Waals surface area contributed by atoms with E-state index in [1.807, 2.05) is 0 Å². The first-order valence-electron chi connectivity index (χ1n) is 3.89. The number of nitrogens with two attached hydrogens (primary N) is 2. The van der Waals surface area contributed by atoms with E-state index in [2.05, 4.69) is 0 Å². The molecule has 3 atom stereocenters. The minimum absolute atomic E-state index is 0.192. The molecule has 1 unspecified atom stereocenters. The van der Waals surface area contributed by atoms with Crippen LogP contribution in [0.15, 0.2) is 0 Å². The summed E-state index contributed by atoms with van der Waals surface area (Å²) in [4.78, 5) is 0. The van der Waals surface area contributed by atoms with Crippen LogP contribution in [0.2, 0.25) is 0 Å². The highest BCUT2D eigenvalue weighted by molar-refractivity contribution is 5.05. The van der Waals surface area contributed by atoms with E-state index in [4.69, 9.17) is 16.2 Å². The van der Waals surface area contributed by atoms with Crippen molar-refractivity contribution in [3.8, 4) is 0 Å². The van der Waals surface area contributed by atoms with Gasteiger partial charge in [-0.1, -0.05) is 0 Å². The lowest BCUT2D eigenvalue weighted by Crippen LogP contribution is -2.54. The maximum absolute atomic E-state index is 5.99. The molecule has 2 heterocycles. The molecule has 10 heavy (non-hydrogen) atoms. The SMILES string of the molecule is NCC1(N)C[C@@H]2CC[C@H]1O2. The van der Waals surface area contributed by atoms with Crippen LogP contribution in [0.3, 0.4) is 0 Å². The van der Waals surface area contributed by atoms with Crippen molar-refractivity contribution in [1.82, 2.24) is 0 Å². The Kier molecular flexibility index (Phi) is 1.27. The fourth-order valence-corrected chi connectivity index (χ4v) is 2.05. The zero-order valence-electron chi connectivity index (χ0n) is 6.05. The summed E-state index contributed by atoms with van der Waals surface area (Å²) in [5.41, 5.74) is 11.4. The van der Waals surface area contributed by atoms with Crippen LogP contribution in [0.4, 0.5) is 0 Å². The average Bonchev–Trinajstić information content (AvgIpc) is 2.46. The molecule has 3 heteroatoms. The van der Waals surface area contributed by atoms with E-state index in [0.29, 0.717) is 12.6 Å². The van der Waals surface area contributed by atoms with Crippen molar-refractivity contribution in [2.75, 3.05) is 6.54 Å². The summed E-state index contributed by atoms with van der Waals surface area (Å²) >= 11 is 0. The number of hydrogen-bond acceptors (Lipinski definition) is 3. The Labute approximate surface area is 60.7 Å². The molecule has 4 N–H and O–H groups in total. The Hall–Kier alpha value is -0.120. The third-order valence-corrected chi connectivity index (χ3v) is 2.74. The summed E-state index contributed by atoms with van der Waals surface area (Å²) in [5, 5.41) is 0. The zero-order chi connectivity index (χ0) is 7.19. The Morgan fingerprint density at radius 2 is 2.30 bits per heavy atom. The van der Waals surface area contributed by atoms with Crippen LogP contribution >= 0.6 is 0 Å². The molecule has 0 amide bonds. The zero-order valence-corrected chi connectivity index (χ0v) is 6.05. The lowest BCUT2D eigenvalue weighted by Gasteiger charge is -2.29. The molecule has 0 saturated carbocycles. The highest BCUT2D eigenvalue weighted by Gasteiger charge is 2.48. The predicted octanol–water partition coefficient (Wildman–Crippen LogP) is -0.406. The molecule has 58 valence electrons. The summed E-state index contributed by atoms with van der Waals surface area (Å²) in [6.07, 6.45) is 3.93. The molecule has 2 fully saturated rings. The molecule has 2 bridgehead atoms. The minimum Gasteiger partial charge on any atom is -0.373 e. The van der Waals surface area contributed by atoms with E-state index in [1.54, 1.807) is 0 Å². The van der Waals surface area contributed by atoms with Gasteiger partial charge in [-0.2, -0.15) is 0 Å². The minimum atomic E-state index is -0.192. The lowest BCUT2D eigenvalue weighted by atomic mass is 9.83. The first kappa shape index (κ1) is 6.58. The quantitative estimate of drug-likeness (QED) is 0.523. The van der Waals surface area contributed by atoms with E-state index >= 15 is 0 Å². The van der Waals surface area contributed by atoms with Crippen LogP contribution in [-0.4, -0.2) is 24.3 Å². The standard InChI is InChI=1S/C7H14N2O/c8-4-7(9)3-5-1-2-6(7)10-5/h5-6H,1-4,8-9H2/t5-,6+,7?/m0/s1. The van der Waals surface area contributed by atoms with Gasteiger partial charge >= 0.3 is 0 Å². The monoisotopic (exact) mass is 142 g/mol. The summed E-state index contributed by atoms with van der Waals surface area (Å²) < 4.78 is 5.57. The maximum Gasteiger partial charge on any atom is 0.0772 e. The third-order valence-electron chi connectivity index (χ3n) is 2.74. The van der Waals surface area contributed by atoms with Gasteiger partial charge in [0.15, 0.2) is 0 Å². The lowest BCUT2D eigenvalue weighted by molar-refractivity contribution is 0.0872. The van der Waals surface area contributed by atoms with Crippen molar-refractivity contribution in [2.24, 2.45) is 11.5 Å². The second kappa shape index (κ2) is 1.94. The van der Waals surface area contributed by atoms with Gasteiger partial charge in [-0.15, -0.1) is 0 Å². The maximum atomic E-state index is 5.99. The molecule has 0 aromatic rings. The number of hydrogen-bond donors (Lipinski definition) is 2. The van der Waals surface area contributed by atoms with Gasteiger partial charge in [0.2, 0.25) is 0 Å². The van der Waals surface area contributed by atoms with Crippen LogP contribution in [0.1, 0.15) is 19.3 Å². The fraction of sp³-hybridized carbons (Fsp3) is 1.00. The average molecular weight is 142 g/mol. The molecule has 0 aromatic carbocycles. The molecule has 2 saturated heterocycles. The van der Waals surface area contributed by atoms with E-state index < -0.39 is 0 Å². The smallest absolute Gasteiger partial charge is 0.0772 e. The normalized spacial score (nSPS) is 52.2. The molecule has 2 rings (SSSR count). The van der Waals surface area contributed by atoms with Gasteiger partial charge < -0.3 is 16.2 Å². The summed E-state index contributed by atoms with van der Waals surface area (Å²) in [6, 6.07) is 0. The van der Waals surface area contributed by atoms with Gasteiger partial charge in [-0.3, -0.25) is 0 Å². The first-order chi connectivity index (χ1) is 4.74. The molecule has 0 radical (unpaired) electrons. The van der Waals surface area contributed by atoms with Crippen molar-refractivity contribution in [1.29, 1.82) is 0 Å². The molecule has 0 spiro atoms. The molecular weight excluding hydrogens is 128 g/mol. The highest BCUT2D eigenvalue weighted by atomic mass is 16.5. The Balaban J connectivity index is 2.14. The summed E-state index contributed by atoms with van der Waals surface area (Å²) in [7, 11) is 0. The summed E-state index contributed by atoms with van der Waals surface area (Å²) in [6.45, 7) is 0.564. The Morgan fingerprint density at radius 3 is 2.60 bits per heavy atom. The van der Waals surface area contributed by atoms with Gasteiger partial charge in [0.25, 0.3) is 0 Å². The van der Waals surface area contributed by atoms with E-state index in [0.717, 1.165) is 12.8 Å². The number of rotatable bonds is 1. The Bertz CT molecular complexity index is 151. The molecule has 2 aliphatic heterocycles. The van der Waals surface area contributed by atoms with Gasteiger partial charge in [-0.05, 0) is 19.3 Å². The van der Waals surface area contributed by atoms with Gasteiger partial charge in [0, 0.05) is 6.54 Å². The molecule has 2 aliphatic rings. The van der Waals surface area contributed by atoms with Crippen molar-refractivity contribution < 1.29 is 4.74 Å².